The first kappa shape index (κ1) is 14.2. The Labute approximate surface area is 104 Å². The van der Waals surface area contributed by atoms with Gasteiger partial charge in [0.25, 0.3) is 0 Å². The van der Waals surface area contributed by atoms with E-state index in [1.54, 1.807) is 0 Å². The zero-order valence-electron chi connectivity index (χ0n) is 10.9. The summed E-state index contributed by atoms with van der Waals surface area (Å²) in [4.78, 5) is 2.07. The zero-order valence-corrected chi connectivity index (χ0v) is 10.9. The van der Waals surface area contributed by atoms with Crippen LogP contribution in [0.2, 0.25) is 0 Å². The Morgan fingerprint density at radius 2 is 1.82 bits per heavy atom. The fourth-order valence-corrected chi connectivity index (χ4v) is 1.58. The van der Waals surface area contributed by atoms with Crippen LogP contribution < -0.4 is 0 Å². The van der Waals surface area contributed by atoms with Crippen LogP contribution in [-0.4, -0.2) is 40.9 Å². The maximum absolute atomic E-state index is 10.0. The van der Waals surface area contributed by atoms with Crippen LogP contribution in [0.15, 0.2) is 30.3 Å². The van der Waals surface area contributed by atoms with Crippen molar-refractivity contribution >= 4 is 0 Å². The van der Waals surface area contributed by atoms with E-state index < -0.39 is 6.10 Å². The van der Waals surface area contributed by atoms with Crippen molar-refractivity contribution < 1.29 is 10.2 Å². The van der Waals surface area contributed by atoms with Crippen molar-refractivity contribution in [2.45, 2.75) is 31.9 Å². The lowest BCUT2D eigenvalue weighted by atomic mass is 10.0. The van der Waals surface area contributed by atoms with Crippen molar-refractivity contribution in [2.75, 3.05) is 20.2 Å². The minimum absolute atomic E-state index is 0.116. The molecular weight excluding hydrogens is 214 g/mol. The van der Waals surface area contributed by atoms with Gasteiger partial charge in [0.05, 0.1) is 12.7 Å². The Morgan fingerprint density at radius 1 is 1.24 bits per heavy atom. The SMILES string of the molecule is CN(CCC(O)c1ccccc1)C(C)(C)CO. The number of aliphatic hydroxyl groups excluding tert-OH is 2. The molecule has 0 aliphatic carbocycles. The molecule has 0 aromatic heterocycles. The fraction of sp³-hybridized carbons (Fsp3) is 0.571. The highest BCUT2D eigenvalue weighted by atomic mass is 16.3. The summed E-state index contributed by atoms with van der Waals surface area (Å²) in [5.41, 5.74) is 0.707. The molecule has 0 bridgehead atoms. The molecule has 1 aromatic carbocycles. The maximum atomic E-state index is 10.0. The van der Waals surface area contributed by atoms with Gasteiger partial charge in [-0.25, -0.2) is 0 Å². The van der Waals surface area contributed by atoms with Crippen molar-refractivity contribution in [3.05, 3.63) is 35.9 Å². The average Bonchev–Trinajstić information content (AvgIpc) is 2.36. The lowest BCUT2D eigenvalue weighted by Gasteiger charge is -2.34. The molecule has 0 heterocycles. The van der Waals surface area contributed by atoms with E-state index in [9.17, 15) is 10.2 Å². The smallest absolute Gasteiger partial charge is 0.0802 e. The van der Waals surface area contributed by atoms with E-state index in [1.807, 2.05) is 51.2 Å². The van der Waals surface area contributed by atoms with Gasteiger partial charge in [0.1, 0.15) is 0 Å². The summed E-state index contributed by atoms with van der Waals surface area (Å²) in [6.07, 6.45) is 0.234. The van der Waals surface area contributed by atoms with Crippen LogP contribution >= 0.6 is 0 Å². The van der Waals surface area contributed by atoms with Crippen LogP contribution in [0.3, 0.4) is 0 Å². The van der Waals surface area contributed by atoms with Gasteiger partial charge >= 0.3 is 0 Å². The second kappa shape index (κ2) is 6.15. The fourth-order valence-electron chi connectivity index (χ4n) is 1.58. The molecule has 96 valence electrons. The summed E-state index contributed by atoms with van der Waals surface area (Å²) in [7, 11) is 1.97. The molecule has 0 radical (unpaired) electrons. The molecular formula is C14H23NO2. The standard InChI is InChI=1S/C14H23NO2/c1-14(2,11-16)15(3)10-9-13(17)12-7-5-4-6-8-12/h4-8,13,16-17H,9-11H2,1-3H3. The van der Waals surface area contributed by atoms with Gasteiger partial charge in [-0.05, 0) is 32.9 Å². The molecule has 0 saturated carbocycles. The molecule has 1 rings (SSSR count). The van der Waals surface area contributed by atoms with Crippen LogP contribution in [0.4, 0.5) is 0 Å². The number of hydrogen-bond acceptors (Lipinski definition) is 3. The molecule has 0 fully saturated rings. The van der Waals surface area contributed by atoms with Gasteiger partial charge < -0.3 is 10.2 Å². The third-order valence-electron chi connectivity index (χ3n) is 3.34. The van der Waals surface area contributed by atoms with Crippen LogP contribution in [0.1, 0.15) is 31.9 Å². The molecule has 3 heteroatoms. The molecule has 1 atom stereocenters. The van der Waals surface area contributed by atoms with E-state index >= 15 is 0 Å². The molecule has 0 aliphatic heterocycles. The number of benzene rings is 1. The van der Waals surface area contributed by atoms with Crippen LogP contribution in [0.5, 0.6) is 0 Å². The topological polar surface area (TPSA) is 43.7 Å². The quantitative estimate of drug-likeness (QED) is 0.793. The van der Waals surface area contributed by atoms with Gasteiger partial charge in [0, 0.05) is 12.1 Å². The maximum Gasteiger partial charge on any atom is 0.0802 e. The second-order valence-electron chi connectivity index (χ2n) is 5.11. The van der Waals surface area contributed by atoms with Crippen LogP contribution in [0.25, 0.3) is 0 Å². The Bertz CT molecular complexity index is 324. The van der Waals surface area contributed by atoms with Gasteiger partial charge in [0.15, 0.2) is 0 Å². The lowest BCUT2D eigenvalue weighted by molar-refractivity contribution is 0.0619. The number of nitrogens with zero attached hydrogens (tertiary/aromatic N) is 1. The van der Waals surface area contributed by atoms with Gasteiger partial charge in [0.2, 0.25) is 0 Å². The first-order chi connectivity index (χ1) is 7.97. The summed E-state index contributed by atoms with van der Waals surface area (Å²) < 4.78 is 0. The third kappa shape index (κ3) is 4.11. The van der Waals surface area contributed by atoms with Gasteiger partial charge in [-0.15, -0.1) is 0 Å². The van der Waals surface area contributed by atoms with E-state index in [0.29, 0.717) is 6.42 Å². The summed E-state index contributed by atoms with van der Waals surface area (Å²) in [5.74, 6) is 0. The zero-order chi connectivity index (χ0) is 12.9. The highest BCUT2D eigenvalue weighted by Crippen LogP contribution is 2.18. The minimum Gasteiger partial charge on any atom is -0.394 e. The third-order valence-corrected chi connectivity index (χ3v) is 3.34. The van der Waals surface area contributed by atoms with E-state index in [2.05, 4.69) is 4.90 Å². The molecule has 0 amide bonds. The summed E-state index contributed by atoms with van der Waals surface area (Å²) in [6.45, 7) is 4.85. The molecule has 3 nitrogen and oxygen atoms in total. The van der Waals surface area contributed by atoms with Crippen molar-refractivity contribution in [3.8, 4) is 0 Å². The number of rotatable bonds is 6. The van der Waals surface area contributed by atoms with Gasteiger partial charge in [-0.2, -0.15) is 0 Å². The van der Waals surface area contributed by atoms with E-state index in [4.69, 9.17) is 0 Å². The molecule has 17 heavy (non-hydrogen) atoms. The van der Waals surface area contributed by atoms with Crippen molar-refractivity contribution in [1.82, 2.24) is 4.90 Å². The van der Waals surface area contributed by atoms with Crippen molar-refractivity contribution in [3.63, 3.8) is 0 Å². The van der Waals surface area contributed by atoms with E-state index in [0.717, 1.165) is 12.1 Å². The van der Waals surface area contributed by atoms with E-state index in [1.165, 1.54) is 0 Å². The normalized spacial score (nSPS) is 14.0. The highest BCUT2D eigenvalue weighted by Gasteiger charge is 2.22. The minimum atomic E-state index is -0.437. The largest absolute Gasteiger partial charge is 0.394 e. The monoisotopic (exact) mass is 237 g/mol. The number of aliphatic hydroxyl groups is 2. The first-order valence-corrected chi connectivity index (χ1v) is 6.02. The van der Waals surface area contributed by atoms with E-state index in [-0.39, 0.29) is 12.1 Å². The molecule has 1 unspecified atom stereocenters. The Balaban J connectivity index is 2.46. The Kier molecular flexibility index (Phi) is 5.12. The molecule has 0 saturated heterocycles. The highest BCUT2D eigenvalue weighted by molar-refractivity contribution is 5.17. The summed E-state index contributed by atoms with van der Waals surface area (Å²) >= 11 is 0. The summed E-state index contributed by atoms with van der Waals surface area (Å²) in [6, 6.07) is 9.67. The lowest BCUT2D eigenvalue weighted by Crippen LogP contribution is -2.44. The van der Waals surface area contributed by atoms with Crippen LogP contribution in [-0.2, 0) is 0 Å². The molecule has 1 aromatic rings. The molecule has 0 spiro atoms. The Morgan fingerprint density at radius 3 is 2.35 bits per heavy atom. The first-order valence-electron chi connectivity index (χ1n) is 6.02. The van der Waals surface area contributed by atoms with Crippen molar-refractivity contribution in [2.24, 2.45) is 0 Å². The predicted octanol–water partition coefficient (Wildman–Crippen LogP) is 1.81. The second-order valence-corrected chi connectivity index (χ2v) is 5.11. The summed E-state index contributed by atoms with van der Waals surface area (Å²) in [5, 5.41) is 19.3. The Hall–Kier alpha value is -0.900. The van der Waals surface area contributed by atoms with Crippen molar-refractivity contribution in [1.29, 1.82) is 0 Å². The van der Waals surface area contributed by atoms with Gasteiger partial charge in [-0.1, -0.05) is 30.3 Å². The predicted molar refractivity (Wildman–Crippen MR) is 69.8 cm³/mol. The van der Waals surface area contributed by atoms with Gasteiger partial charge in [-0.3, -0.25) is 4.90 Å². The number of hydrogen-bond donors (Lipinski definition) is 2. The molecule has 2 N–H and O–H groups in total. The average molecular weight is 237 g/mol. The van der Waals surface area contributed by atoms with Crippen LogP contribution in [0, 0.1) is 0 Å². The molecule has 0 aliphatic rings. The number of likely N-dealkylation sites (N-methyl/N-ethyl adjacent to an activating group) is 1.